The second kappa shape index (κ2) is 8.36. The first-order chi connectivity index (χ1) is 14.1. The molecule has 1 N–H and O–H groups in total. The van der Waals surface area contributed by atoms with Crippen molar-refractivity contribution in [3.05, 3.63) is 54.1 Å². The summed E-state index contributed by atoms with van der Waals surface area (Å²) in [6.07, 6.45) is -0.893. The van der Waals surface area contributed by atoms with Crippen LogP contribution in [0.5, 0.6) is 11.5 Å². The van der Waals surface area contributed by atoms with Gasteiger partial charge in [-0.1, -0.05) is 41.6 Å². The number of benzene rings is 2. The normalized spacial score (nSPS) is 15.0. The van der Waals surface area contributed by atoms with Gasteiger partial charge in [-0.3, -0.25) is 14.9 Å². The van der Waals surface area contributed by atoms with Gasteiger partial charge in [-0.25, -0.2) is 0 Å². The summed E-state index contributed by atoms with van der Waals surface area (Å²) in [6, 6.07) is 14.7. The molecule has 9 heteroatoms. The molecule has 0 fully saturated rings. The van der Waals surface area contributed by atoms with Crippen molar-refractivity contribution in [3.63, 3.8) is 0 Å². The van der Waals surface area contributed by atoms with Crippen LogP contribution in [-0.2, 0) is 9.59 Å². The van der Waals surface area contributed by atoms with Crippen LogP contribution in [0.15, 0.2) is 58.2 Å². The Balaban J connectivity index is 1.29. The summed E-state index contributed by atoms with van der Waals surface area (Å²) in [6.45, 7) is 2.00. The van der Waals surface area contributed by atoms with Crippen molar-refractivity contribution in [1.82, 2.24) is 15.5 Å². The highest BCUT2D eigenvalue weighted by Gasteiger charge is 2.28. The van der Waals surface area contributed by atoms with E-state index in [0.717, 1.165) is 22.9 Å². The minimum absolute atomic E-state index is 0.0345. The smallest absolute Gasteiger partial charge is 0.277 e. The maximum atomic E-state index is 12.3. The van der Waals surface area contributed by atoms with Gasteiger partial charge in [0, 0.05) is 5.56 Å². The van der Waals surface area contributed by atoms with Gasteiger partial charge >= 0.3 is 0 Å². The number of hydrogen-bond donors (Lipinski definition) is 1. The van der Waals surface area contributed by atoms with Crippen LogP contribution >= 0.6 is 11.8 Å². The lowest BCUT2D eigenvalue weighted by atomic mass is 10.1. The van der Waals surface area contributed by atoms with Crippen molar-refractivity contribution in [2.45, 2.75) is 18.3 Å². The maximum Gasteiger partial charge on any atom is 0.277 e. The number of ether oxygens (including phenoxy) is 2. The predicted octanol–water partition coefficient (Wildman–Crippen LogP) is 2.62. The van der Waals surface area contributed by atoms with E-state index in [1.165, 1.54) is 0 Å². The molecule has 2 amide bonds. The quantitative estimate of drug-likeness (QED) is 0.639. The molecule has 3 aromatic rings. The van der Waals surface area contributed by atoms with Crippen molar-refractivity contribution < 1.29 is 23.5 Å². The number of para-hydroxylation sites is 2. The Bertz CT molecular complexity index is 1050. The lowest BCUT2D eigenvalue weighted by Gasteiger charge is -2.25. The van der Waals surface area contributed by atoms with Crippen molar-refractivity contribution in [2.75, 3.05) is 12.4 Å². The van der Waals surface area contributed by atoms with Crippen LogP contribution in [0.2, 0.25) is 0 Å². The molecule has 0 unspecified atom stereocenters. The van der Waals surface area contributed by atoms with Crippen molar-refractivity contribution in [3.8, 4) is 23.0 Å². The number of aryl methyl sites for hydroxylation is 1. The Kier molecular flexibility index (Phi) is 5.48. The molecule has 2 aromatic carbocycles. The Morgan fingerprint density at radius 1 is 1.14 bits per heavy atom. The second-order valence-corrected chi connectivity index (χ2v) is 7.23. The van der Waals surface area contributed by atoms with Crippen molar-refractivity contribution in [1.29, 1.82) is 0 Å². The Morgan fingerprint density at radius 3 is 2.79 bits per heavy atom. The van der Waals surface area contributed by atoms with E-state index in [2.05, 4.69) is 15.5 Å². The van der Waals surface area contributed by atoms with E-state index in [9.17, 15) is 9.59 Å². The fraction of sp³-hybridized carbons (Fsp3) is 0.200. The molecule has 8 nitrogen and oxygen atoms in total. The lowest BCUT2D eigenvalue weighted by molar-refractivity contribution is -0.135. The Labute approximate surface area is 170 Å². The van der Waals surface area contributed by atoms with Gasteiger partial charge in [0.05, 0.1) is 5.75 Å². The minimum Gasteiger partial charge on any atom is -0.485 e. The topological polar surface area (TPSA) is 104 Å². The van der Waals surface area contributed by atoms with Gasteiger partial charge in [-0.2, -0.15) is 0 Å². The van der Waals surface area contributed by atoms with Crippen molar-refractivity contribution in [2.24, 2.45) is 0 Å². The molecule has 4 rings (SSSR count). The predicted molar refractivity (Wildman–Crippen MR) is 105 cm³/mol. The van der Waals surface area contributed by atoms with Gasteiger partial charge in [0.1, 0.15) is 6.61 Å². The van der Waals surface area contributed by atoms with Crippen molar-refractivity contribution >= 4 is 23.6 Å². The molecule has 1 aromatic heterocycles. The van der Waals surface area contributed by atoms with Gasteiger partial charge in [-0.15, -0.1) is 10.2 Å². The van der Waals surface area contributed by atoms with Gasteiger partial charge < -0.3 is 13.9 Å². The first-order valence-corrected chi connectivity index (χ1v) is 9.82. The molecule has 0 saturated carbocycles. The highest BCUT2D eigenvalue weighted by molar-refractivity contribution is 7.99. The Morgan fingerprint density at radius 2 is 1.97 bits per heavy atom. The number of fused-ring (bicyclic) bond motifs is 1. The largest absolute Gasteiger partial charge is 0.485 e. The van der Waals surface area contributed by atoms with Crippen LogP contribution in [0.4, 0.5) is 0 Å². The van der Waals surface area contributed by atoms with Crippen LogP contribution in [0.25, 0.3) is 11.5 Å². The average Bonchev–Trinajstić information content (AvgIpc) is 3.21. The molecular formula is C20H17N3O5S. The molecule has 1 aliphatic heterocycles. The number of carbonyl (C=O) groups is 2. The van der Waals surface area contributed by atoms with Crippen LogP contribution in [0, 0.1) is 6.92 Å². The number of rotatable bonds is 5. The number of nitrogens with one attached hydrogen (secondary N) is 1. The first-order valence-electron chi connectivity index (χ1n) is 8.84. The highest BCUT2D eigenvalue weighted by atomic mass is 32.2. The summed E-state index contributed by atoms with van der Waals surface area (Å²) >= 11 is 1.05. The van der Waals surface area contributed by atoms with Crippen LogP contribution < -0.4 is 14.8 Å². The van der Waals surface area contributed by atoms with Gasteiger partial charge in [0.15, 0.2) is 11.5 Å². The first kappa shape index (κ1) is 19.0. The lowest BCUT2D eigenvalue weighted by Crippen LogP contribution is -2.46. The molecule has 0 aliphatic carbocycles. The Hall–Kier alpha value is -3.33. The van der Waals surface area contributed by atoms with Gasteiger partial charge in [0.25, 0.3) is 11.1 Å². The van der Waals surface area contributed by atoms with Gasteiger partial charge in [0.2, 0.25) is 17.9 Å². The standard InChI is InChI=1S/C20H17N3O5S/c1-12-5-4-6-13(9-12)19-22-23-20(28-19)29-11-17(24)21-18(25)16-10-26-14-7-2-3-8-15(14)27-16/h2-9,16H,10-11H2,1H3,(H,21,24,25)/t16-/m0/s1. The second-order valence-electron chi connectivity index (χ2n) is 6.31. The zero-order chi connectivity index (χ0) is 20.2. The number of hydrogen-bond acceptors (Lipinski definition) is 8. The summed E-state index contributed by atoms with van der Waals surface area (Å²) in [5, 5.41) is 10.5. The fourth-order valence-electron chi connectivity index (χ4n) is 2.69. The van der Waals surface area contributed by atoms with E-state index in [-0.39, 0.29) is 17.6 Å². The maximum absolute atomic E-state index is 12.3. The van der Waals surface area contributed by atoms with Crippen LogP contribution in [0.1, 0.15) is 5.56 Å². The molecule has 148 valence electrons. The highest BCUT2D eigenvalue weighted by Crippen LogP contribution is 2.31. The summed E-state index contributed by atoms with van der Waals surface area (Å²) in [5.74, 6) is 0.313. The molecule has 0 spiro atoms. The summed E-state index contributed by atoms with van der Waals surface area (Å²) in [5.41, 5.74) is 1.88. The van der Waals surface area contributed by atoms with E-state index in [1.54, 1.807) is 18.2 Å². The SMILES string of the molecule is Cc1cccc(-c2nnc(SCC(=O)NC(=O)[C@@H]3COc4ccccc4O3)o2)c1. The summed E-state index contributed by atoms with van der Waals surface area (Å²) < 4.78 is 16.6. The number of nitrogens with zero attached hydrogens (tertiary/aromatic N) is 2. The molecule has 0 saturated heterocycles. The number of thioether (sulfide) groups is 1. The number of imide groups is 1. The fourth-order valence-corrected chi connectivity index (χ4v) is 3.26. The zero-order valence-electron chi connectivity index (χ0n) is 15.5. The van der Waals surface area contributed by atoms with E-state index >= 15 is 0 Å². The number of amides is 2. The molecule has 0 bridgehead atoms. The zero-order valence-corrected chi connectivity index (χ0v) is 16.3. The van der Waals surface area contributed by atoms with Gasteiger partial charge in [-0.05, 0) is 31.2 Å². The third kappa shape index (κ3) is 4.57. The van der Waals surface area contributed by atoms with Crippen LogP contribution in [-0.4, -0.2) is 40.5 Å². The molecule has 0 radical (unpaired) electrons. The molecule has 1 aliphatic rings. The minimum atomic E-state index is -0.893. The monoisotopic (exact) mass is 411 g/mol. The van der Waals surface area contributed by atoms with E-state index in [0.29, 0.717) is 17.4 Å². The third-order valence-corrected chi connectivity index (χ3v) is 4.88. The molecular weight excluding hydrogens is 394 g/mol. The van der Waals surface area contributed by atoms with E-state index < -0.39 is 17.9 Å². The number of carbonyl (C=O) groups excluding carboxylic acids is 2. The average molecular weight is 411 g/mol. The third-order valence-electron chi connectivity index (χ3n) is 4.06. The molecule has 1 atom stereocenters. The number of aromatic nitrogens is 2. The van der Waals surface area contributed by atoms with E-state index in [1.807, 2.05) is 37.3 Å². The summed E-state index contributed by atoms with van der Waals surface area (Å²) in [7, 11) is 0. The van der Waals surface area contributed by atoms with E-state index in [4.69, 9.17) is 13.9 Å². The van der Waals surface area contributed by atoms with Crippen LogP contribution in [0.3, 0.4) is 0 Å². The molecule has 2 heterocycles. The summed E-state index contributed by atoms with van der Waals surface area (Å²) in [4.78, 5) is 24.4. The molecule has 29 heavy (non-hydrogen) atoms.